The van der Waals surface area contributed by atoms with Crippen molar-refractivity contribution in [1.82, 2.24) is 4.90 Å². The zero-order chi connectivity index (χ0) is 15.2. The number of rotatable bonds is 5. The Morgan fingerprint density at radius 3 is 2.27 bits per heavy atom. The van der Waals surface area contributed by atoms with Gasteiger partial charge in [0.25, 0.3) is 0 Å². The Morgan fingerprint density at radius 1 is 1.00 bits per heavy atom. The van der Waals surface area contributed by atoms with E-state index in [9.17, 15) is 0 Å². The van der Waals surface area contributed by atoms with Gasteiger partial charge in [0, 0.05) is 31.1 Å². The number of unbranched alkanes of at least 4 members (excludes halogenated alkanes) is 1. The van der Waals surface area contributed by atoms with Gasteiger partial charge in [-0.3, -0.25) is 0 Å². The van der Waals surface area contributed by atoms with Gasteiger partial charge in [-0.25, -0.2) is 0 Å². The van der Waals surface area contributed by atoms with Crippen molar-refractivity contribution in [2.24, 2.45) is 11.8 Å². The minimum Gasteiger partial charge on any atom is -0.373 e. The topological polar surface area (TPSA) is 3.24 Å². The van der Waals surface area contributed by atoms with Crippen LogP contribution in [0.4, 0.5) is 0 Å². The molecule has 2 aliphatic carbocycles. The Labute approximate surface area is 136 Å². The molecule has 0 bridgehead atoms. The molecule has 1 heterocycles. The third-order valence-electron chi connectivity index (χ3n) is 5.31. The fraction of sp³-hybridized carbons (Fsp3) is 0.619. The monoisotopic (exact) mass is 297 g/mol. The third-order valence-corrected chi connectivity index (χ3v) is 5.31. The van der Waals surface area contributed by atoms with Crippen LogP contribution in [0.5, 0.6) is 0 Å². The summed E-state index contributed by atoms with van der Waals surface area (Å²) in [5, 5.41) is 0. The molecule has 0 aromatic carbocycles. The first-order chi connectivity index (χ1) is 10.9. The highest BCUT2D eigenvalue weighted by Gasteiger charge is 2.25. The molecule has 0 spiro atoms. The average molecular weight is 297 g/mol. The van der Waals surface area contributed by atoms with E-state index in [0.29, 0.717) is 11.8 Å². The van der Waals surface area contributed by atoms with Gasteiger partial charge in [0.05, 0.1) is 0 Å². The SMILES string of the molecule is CCCCN1C=C(C2C=CCCC2)C(C2C=CCCC2)=CC1. The molecular formula is C21H31N. The molecule has 22 heavy (non-hydrogen) atoms. The molecule has 1 nitrogen and oxygen atoms in total. The fourth-order valence-corrected chi connectivity index (χ4v) is 3.99. The maximum absolute atomic E-state index is 2.54. The van der Waals surface area contributed by atoms with Crippen molar-refractivity contribution in [2.45, 2.75) is 58.3 Å². The van der Waals surface area contributed by atoms with Crippen LogP contribution in [0.1, 0.15) is 58.3 Å². The molecule has 0 aromatic heterocycles. The van der Waals surface area contributed by atoms with Crippen molar-refractivity contribution >= 4 is 0 Å². The van der Waals surface area contributed by atoms with E-state index < -0.39 is 0 Å². The van der Waals surface area contributed by atoms with E-state index in [-0.39, 0.29) is 0 Å². The predicted molar refractivity (Wildman–Crippen MR) is 95.6 cm³/mol. The summed E-state index contributed by atoms with van der Waals surface area (Å²) in [7, 11) is 0. The Morgan fingerprint density at radius 2 is 1.68 bits per heavy atom. The molecule has 0 saturated heterocycles. The van der Waals surface area contributed by atoms with Crippen LogP contribution in [0.25, 0.3) is 0 Å². The highest BCUT2D eigenvalue weighted by Crippen LogP contribution is 2.38. The number of hydrogen-bond donors (Lipinski definition) is 0. The van der Waals surface area contributed by atoms with E-state index in [1.165, 1.54) is 57.9 Å². The van der Waals surface area contributed by atoms with Crippen molar-refractivity contribution in [2.75, 3.05) is 13.1 Å². The van der Waals surface area contributed by atoms with Gasteiger partial charge in [0.15, 0.2) is 0 Å². The highest BCUT2D eigenvalue weighted by atomic mass is 15.1. The van der Waals surface area contributed by atoms with Gasteiger partial charge in [-0.2, -0.15) is 0 Å². The molecule has 120 valence electrons. The Balaban J connectivity index is 1.81. The molecule has 0 saturated carbocycles. The molecule has 2 atom stereocenters. The Kier molecular flexibility index (Phi) is 5.58. The smallest absolute Gasteiger partial charge is 0.0360 e. The summed E-state index contributed by atoms with van der Waals surface area (Å²) in [5.74, 6) is 1.32. The summed E-state index contributed by atoms with van der Waals surface area (Å²) in [5.41, 5.74) is 3.26. The van der Waals surface area contributed by atoms with Crippen LogP contribution in [-0.2, 0) is 0 Å². The fourth-order valence-electron chi connectivity index (χ4n) is 3.99. The molecular weight excluding hydrogens is 266 g/mol. The first kappa shape index (κ1) is 15.6. The lowest BCUT2D eigenvalue weighted by atomic mass is 9.77. The molecule has 3 rings (SSSR count). The second-order valence-corrected chi connectivity index (χ2v) is 7.02. The molecule has 2 unspecified atom stereocenters. The van der Waals surface area contributed by atoms with Crippen molar-refractivity contribution < 1.29 is 0 Å². The van der Waals surface area contributed by atoms with Gasteiger partial charge in [-0.1, -0.05) is 43.7 Å². The lowest BCUT2D eigenvalue weighted by molar-refractivity contribution is 0.385. The zero-order valence-corrected chi connectivity index (χ0v) is 14.1. The third kappa shape index (κ3) is 3.74. The number of allylic oxidation sites excluding steroid dienone is 6. The van der Waals surface area contributed by atoms with Crippen LogP contribution in [0.2, 0.25) is 0 Å². The van der Waals surface area contributed by atoms with Crippen molar-refractivity contribution in [3.63, 3.8) is 0 Å². The largest absolute Gasteiger partial charge is 0.373 e. The molecule has 0 amide bonds. The van der Waals surface area contributed by atoms with Gasteiger partial charge in [0.2, 0.25) is 0 Å². The Hall–Kier alpha value is -1.24. The molecule has 3 aliphatic rings. The van der Waals surface area contributed by atoms with E-state index in [0.717, 1.165) is 6.54 Å². The second kappa shape index (κ2) is 7.85. The molecule has 1 heteroatoms. The predicted octanol–water partition coefficient (Wildman–Crippen LogP) is 5.63. The summed E-state index contributed by atoms with van der Waals surface area (Å²) < 4.78 is 0. The van der Waals surface area contributed by atoms with Crippen LogP contribution in [0.3, 0.4) is 0 Å². The summed E-state index contributed by atoms with van der Waals surface area (Å²) in [6, 6.07) is 0. The molecule has 0 radical (unpaired) electrons. The number of nitrogens with zero attached hydrogens (tertiary/aromatic N) is 1. The van der Waals surface area contributed by atoms with Gasteiger partial charge in [-0.05, 0) is 56.1 Å². The normalized spacial score (nSPS) is 28.5. The first-order valence-corrected chi connectivity index (χ1v) is 9.38. The maximum atomic E-state index is 2.54. The minimum absolute atomic E-state index is 0.653. The van der Waals surface area contributed by atoms with Crippen LogP contribution in [0, 0.1) is 11.8 Å². The minimum atomic E-state index is 0.653. The van der Waals surface area contributed by atoms with Crippen LogP contribution >= 0.6 is 0 Å². The molecule has 0 fully saturated rings. The van der Waals surface area contributed by atoms with Gasteiger partial charge >= 0.3 is 0 Å². The number of hydrogen-bond acceptors (Lipinski definition) is 1. The quantitative estimate of drug-likeness (QED) is 0.595. The highest BCUT2D eigenvalue weighted by molar-refractivity contribution is 5.42. The maximum Gasteiger partial charge on any atom is 0.0360 e. The van der Waals surface area contributed by atoms with Crippen molar-refractivity contribution in [3.05, 3.63) is 47.7 Å². The van der Waals surface area contributed by atoms with Crippen molar-refractivity contribution in [3.8, 4) is 0 Å². The standard InChI is InChI=1S/C21H31N/c1-2-3-15-22-16-14-20(18-10-6-4-7-11-18)21(17-22)19-12-8-5-9-13-19/h6,8,10,12,14,17-19H,2-5,7,9,11,13,15-16H2,1H3. The molecule has 1 aliphatic heterocycles. The average Bonchev–Trinajstić information content (AvgIpc) is 2.61. The molecule has 0 aromatic rings. The second-order valence-electron chi connectivity index (χ2n) is 7.02. The lowest BCUT2D eigenvalue weighted by Gasteiger charge is -2.34. The van der Waals surface area contributed by atoms with E-state index in [1.54, 1.807) is 11.1 Å². The van der Waals surface area contributed by atoms with E-state index >= 15 is 0 Å². The van der Waals surface area contributed by atoms with Gasteiger partial charge in [0.1, 0.15) is 0 Å². The Bertz CT molecular complexity index is 480. The summed E-state index contributed by atoms with van der Waals surface area (Å²) >= 11 is 0. The van der Waals surface area contributed by atoms with Crippen LogP contribution in [0.15, 0.2) is 47.7 Å². The zero-order valence-electron chi connectivity index (χ0n) is 14.1. The first-order valence-electron chi connectivity index (χ1n) is 9.38. The molecule has 0 N–H and O–H groups in total. The van der Waals surface area contributed by atoms with Crippen LogP contribution < -0.4 is 0 Å². The van der Waals surface area contributed by atoms with Gasteiger partial charge in [-0.15, -0.1) is 0 Å². The lowest BCUT2D eigenvalue weighted by Crippen LogP contribution is -2.27. The van der Waals surface area contributed by atoms with Crippen LogP contribution in [-0.4, -0.2) is 18.0 Å². The summed E-state index contributed by atoms with van der Waals surface area (Å²) in [6.07, 6.45) is 25.3. The summed E-state index contributed by atoms with van der Waals surface area (Å²) in [6.45, 7) is 4.60. The van der Waals surface area contributed by atoms with Crippen molar-refractivity contribution in [1.29, 1.82) is 0 Å². The van der Waals surface area contributed by atoms with E-state index in [4.69, 9.17) is 0 Å². The van der Waals surface area contributed by atoms with E-state index in [2.05, 4.69) is 48.4 Å². The summed E-state index contributed by atoms with van der Waals surface area (Å²) in [4.78, 5) is 2.54. The van der Waals surface area contributed by atoms with Gasteiger partial charge < -0.3 is 4.90 Å². The van der Waals surface area contributed by atoms with E-state index in [1.807, 2.05) is 0 Å².